The van der Waals surface area contributed by atoms with E-state index in [9.17, 15) is 0 Å². The lowest BCUT2D eigenvalue weighted by molar-refractivity contribution is 0.147. The lowest BCUT2D eigenvalue weighted by atomic mass is 10.2. The normalized spacial score (nSPS) is 11.2. The van der Waals surface area contributed by atoms with Gasteiger partial charge in [0, 0.05) is 5.56 Å². The van der Waals surface area contributed by atoms with Gasteiger partial charge in [0.1, 0.15) is 5.76 Å². The highest BCUT2D eigenvalue weighted by atomic mass is 16.5. The third kappa shape index (κ3) is 4.39. The Hall–Kier alpha value is -1.84. The zero-order valence-electron chi connectivity index (χ0n) is 11.1. The molecule has 1 heterocycles. The van der Waals surface area contributed by atoms with Crippen molar-refractivity contribution in [2.24, 2.45) is 0 Å². The topological polar surface area (TPSA) is 34.4 Å². The molecular formula is C16H19NO2. The van der Waals surface area contributed by atoms with Crippen LogP contribution < -0.4 is 5.32 Å². The first kappa shape index (κ1) is 13.6. The van der Waals surface area contributed by atoms with E-state index in [0.29, 0.717) is 13.2 Å². The molecule has 0 saturated carbocycles. The van der Waals surface area contributed by atoms with E-state index in [0.717, 1.165) is 17.9 Å². The van der Waals surface area contributed by atoms with Crippen LogP contribution in [-0.2, 0) is 17.9 Å². The summed E-state index contributed by atoms with van der Waals surface area (Å²) in [7, 11) is 1.90. The van der Waals surface area contributed by atoms with Crippen molar-refractivity contribution in [3.63, 3.8) is 0 Å². The number of benzene rings is 1. The molecule has 3 heteroatoms. The van der Waals surface area contributed by atoms with E-state index in [1.165, 1.54) is 5.56 Å². The summed E-state index contributed by atoms with van der Waals surface area (Å²) in [5.74, 6) is 0.939. The first-order chi connectivity index (χ1) is 9.40. The zero-order chi connectivity index (χ0) is 13.3. The van der Waals surface area contributed by atoms with E-state index in [4.69, 9.17) is 9.15 Å². The van der Waals surface area contributed by atoms with Gasteiger partial charge in [-0.1, -0.05) is 42.5 Å². The number of hydrogen-bond acceptors (Lipinski definition) is 3. The molecule has 0 fully saturated rings. The maximum atomic E-state index is 5.61. The highest BCUT2D eigenvalue weighted by Gasteiger charge is 2.04. The fraction of sp³-hybridized carbons (Fsp3) is 0.250. The first-order valence-electron chi connectivity index (χ1n) is 6.39. The van der Waals surface area contributed by atoms with Gasteiger partial charge in [-0.15, -0.1) is 0 Å². The second kappa shape index (κ2) is 7.56. The molecule has 0 bridgehead atoms. The van der Waals surface area contributed by atoms with Gasteiger partial charge in [-0.3, -0.25) is 0 Å². The molecule has 1 N–H and O–H groups in total. The lowest BCUT2D eigenvalue weighted by Crippen LogP contribution is -2.06. The van der Waals surface area contributed by atoms with Crippen molar-refractivity contribution in [2.75, 3.05) is 13.7 Å². The predicted octanol–water partition coefficient (Wildman–Crippen LogP) is 3.23. The summed E-state index contributed by atoms with van der Waals surface area (Å²) < 4.78 is 11.0. The van der Waals surface area contributed by atoms with Crippen molar-refractivity contribution in [2.45, 2.75) is 13.2 Å². The number of nitrogens with one attached hydrogen (secondary N) is 1. The second-order valence-corrected chi connectivity index (χ2v) is 4.23. The van der Waals surface area contributed by atoms with Crippen LogP contribution in [0.2, 0.25) is 0 Å². The van der Waals surface area contributed by atoms with E-state index in [1.54, 1.807) is 6.26 Å². The minimum absolute atomic E-state index is 0.576. The SMILES string of the molecule is CNCc1occc1COCC=Cc1ccccc1. The summed E-state index contributed by atoms with van der Waals surface area (Å²) in [4.78, 5) is 0. The number of rotatable bonds is 7. The predicted molar refractivity (Wildman–Crippen MR) is 76.6 cm³/mol. The van der Waals surface area contributed by atoms with Crippen molar-refractivity contribution in [3.8, 4) is 0 Å². The summed E-state index contributed by atoms with van der Waals surface area (Å²) in [6.07, 6.45) is 5.78. The largest absolute Gasteiger partial charge is 0.468 e. The molecule has 1 aromatic carbocycles. The molecule has 0 spiro atoms. The van der Waals surface area contributed by atoms with Crippen LogP contribution in [0, 0.1) is 0 Å². The molecule has 0 radical (unpaired) electrons. The minimum Gasteiger partial charge on any atom is -0.468 e. The molecule has 0 aliphatic carbocycles. The molecule has 100 valence electrons. The van der Waals surface area contributed by atoms with E-state index >= 15 is 0 Å². The van der Waals surface area contributed by atoms with Gasteiger partial charge in [-0.05, 0) is 18.7 Å². The molecule has 2 aromatic rings. The summed E-state index contributed by atoms with van der Waals surface area (Å²) in [6.45, 7) is 1.90. The summed E-state index contributed by atoms with van der Waals surface area (Å²) >= 11 is 0. The number of hydrogen-bond donors (Lipinski definition) is 1. The van der Waals surface area contributed by atoms with Gasteiger partial charge in [-0.2, -0.15) is 0 Å². The van der Waals surface area contributed by atoms with Gasteiger partial charge in [0.2, 0.25) is 0 Å². The Labute approximate surface area is 113 Å². The summed E-state index contributed by atoms with van der Waals surface area (Å²) in [5.41, 5.74) is 2.28. The van der Waals surface area contributed by atoms with Crippen LogP contribution in [0.3, 0.4) is 0 Å². The van der Waals surface area contributed by atoms with Gasteiger partial charge in [-0.25, -0.2) is 0 Å². The molecule has 0 amide bonds. The number of ether oxygens (including phenoxy) is 1. The lowest BCUT2D eigenvalue weighted by Gasteiger charge is -2.02. The fourth-order valence-corrected chi connectivity index (χ4v) is 1.80. The standard InChI is InChI=1S/C16H19NO2/c1-17-12-16-15(9-11-19-16)13-18-10-5-8-14-6-3-2-4-7-14/h2-9,11,17H,10,12-13H2,1H3. The highest BCUT2D eigenvalue weighted by molar-refractivity contribution is 5.48. The minimum atomic E-state index is 0.576. The molecule has 0 aliphatic rings. The summed E-state index contributed by atoms with van der Waals surface area (Å²) in [5, 5.41) is 3.07. The van der Waals surface area contributed by atoms with Crippen LogP contribution in [-0.4, -0.2) is 13.7 Å². The van der Waals surface area contributed by atoms with Gasteiger partial charge >= 0.3 is 0 Å². The van der Waals surface area contributed by atoms with Crippen molar-refractivity contribution in [1.82, 2.24) is 5.32 Å². The Morgan fingerprint density at radius 2 is 2.05 bits per heavy atom. The van der Waals surface area contributed by atoms with Crippen LogP contribution in [0.25, 0.3) is 6.08 Å². The van der Waals surface area contributed by atoms with Crippen LogP contribution in [0.1, 0.15) is 16.9 Å². The Balaban J connectivity index is 1.75. The molecular weight excluding hydrogens is 238 g/mol. The molecule has 1 aromatic heterocycles. The van der Waals surface area contributed by atoms with E-state index < -0.39 is 0 Å². The quantitative estimate of drug-likeness (QED) is 0.773. The molecule has 0 saturated heterocycles. The Bertz CT molecular complexity index is 502. The maximum absolute atomic E-state index is 5.61. The van der Waals surface area contributed by atoms with Gasteiger partial charge in [0.25, 0.3) is 0 Å². The van der Waals surface area contributed by atoms with Crippen LogP contribution >= 0.6 is 0 Å². The van der Waals surface area contributed by atoms with Crippen LogP contribution in [0.15, 0.2) is 53.2 Å². The Kier molecular flexibility index (Phi) is 5.41. The highest BCUT2D eigenvalue weighted by Crippen LogP contribution is 2.11. The van der Waals surface area contributed by atoms with Crippen molar-refractivity contribution >= 4 is 6.08 Å². The molecule has 0 atom stereocenters. The van der Waals surface area contributed by atoms with E-state index in [2.05, 4.69) is 23.5 Å². The number of furan rings is 1. The zero-order valence-corrected chi connectivity index (χ0v) is 11.1. The second-order valence-electron chi connectivity index (χ2n) is 4.23. The first-order valence-corrected chi connectivity index (χ1v) is 6.39. The average molecular weight is 257 g/mol. The van der Waals surface area contributed by atoms with Crippen molar-refractivity contribution in [3.05, 3.63) is 65.6 Å². The smallest absolute Gasteiger partial charge is 0.123 e. The van der Waals surface area contributed by atoms with Gasteiger partial charge in [0.15, 0.2) is 0 Å². The average Bonchev–Trinajstić information content (AvgIpc) is 2.88. The monoisotopic (exact) mass is 257 g/mol. The van der Waals surface area contributed by atoms with Gasteiger partial charge in [0.05, 0.1) is 26.0 Å². The van der Waals surface area contributed by atoms with E-state index in [1.807, 2.05) is 37.4 Å². The molecule has 0 aliphatic heterocycles. The molecule has 2 rings (SSSR count). The molecule has 0 unspecified atom stereocenters. The van der Waals surface area contributed by atoms with Gasteiger partial charge < -0.3 is 14.5 Å². The Morgan fingerprint density at radius 3 is 2.84 bits per heavy atom. The van der Waals surface area contributed by atoms with Crippen molar-refractivity contribution < 1.29 is 9.15 Å². The van der Waals surface area contributed by atoms with Crippen LogP contribution in [0.5, 0.6) is 0 Å². The summed E-state index contributed by atoms with van der Waals surface area (Å²) in [6, 6.07) is 12.1. The molecule has 19 heavy (non-hydrogen) atoms. The van der Waals surface area contributed by atoms with Crippen LogP contribution in [0.4, 0.5) is 0 Å². The maximum Gasteiger partial charge on any atom is 0.123 e. The van der Waals surface area contributed by atoms with Crippen molar-refractivity contribution in [1.29, 1.82) is 0 Å². The Morgan fingerprint density at radius 1 is 1.21 bits per heavy atom. The third-order valence-corrected chi connectivity index (χ3v) is 2.76. The third-order valence-electron chi connectivity index (χ3n) is 2.76. The molecule has 3 nitrogen and oxygen atoms in total. The van der Waals surface area contributed by atoms with E-state index in [-0.39, 0.29) is 0 Å². The fourth-order valence-electron chi connectivity index (χ4n) is 1.80.